The highest BCUT2D eigenvalue weighted by atomic mass is 16.5. The molecular weight excluding hydrogens is 260 g/mol. The largest absolute Gasteiger partial charge is 0.379 e. The molecule has 0 radical (unpaired) electrons. The van der Waals surface area contributed by atoms with Crippen molar-refractivity contribution < 1.29 is 4.74 Å². The lowest BCUT2D eigenvalue weighted by molar-refractivity contribution is 0.103. The zero-order valence-electron chi connectivity index (χ0n) is 13.4. The first-order valence-corrected chi connectivity index (χ1v) is 8.07. The second kappa shape index (κ2) is 6.20. The first-order valence-electron chi connectivity index (χ1n) is 8.07. The molecule has 0 bridgehead atoms. The van der Waals surface area contributed by atoms with Crippen molar-refractivity contribution >= 4 is 10.9 Å². The van der Waals surface area contributed by atoms with Crippen LogP contribution in [0.5, 0.6) is 0 Å². The lowest BCUT2D eigenvalue weighted by Crippen LogP contribution is -2.33. The van der Waals surface area contributed by atoms with Gasteiger partial charge in [-0.25, -0.2) is 0 Å². The number of aromatic nitrogens is 1. The van der Waals surface area contributed by atoms with E-state index in [2.05, 4.69) is 54.9 Å². The van der Waals surface area contributed by atoms with Crippen LogP contribution in [0.4, 0.5) is 0 Å². The highest BCUT2D eigenvalue weighted by Gasteiger charge is 2.22. The van der Waals surface area contributed by atoms with E-state index in [4.69, 9.17) is 4.74 Å². The maximum Gasteiger partial charge on any atom is 0.0645 e. The molecule has 2 heterocycles. The highest BCUT2D eigenvalue weighted by Crippen LogP contribution is 2.29. The van der Waals surface area contributed by atoms with Crippen LogP contribution in [0, 0.1) is 5.92 Å². The molecule has 3 heteroatoms. The summed E-state index contributed by atoms with van der Waals surface area (Å²) < 4.78 is 8.24. The molecule has 3 rings (SSSR count). The Kier molecular flexibility index (Phi) is 4.32. The Labute approximate surface area is 127 Å². The van der Waals surface area contributed by atoms with Gasteiger partial charge >= 0.3 is 0 Å². The number of benzene rings is 1. The average Bonchev–Trinajstić information content (AvgIpc) is 2.77. The number of fused-ring (bicyclic) bond motifs is 3. The molecule has 1 aromatic heterocycles. The van der Waals surface area contributed by atoms with E-state index in [0.29, 0.717) is 12.0 Å². The Morgan fingerprint density at radius 1 is 1.33 bits per heavy atom. The first-order chi connectivity index (χ1) is 10.2. The van der Waals surface area contributed by atoms with Crippen LogP contribution >= 0.6 is 0 Å². The van der Waals surface area contributed by atoms with Crippen LogP contribution in [0.25, 0.3) is 10.9 Å². The molecule has 1 unspecified atom stereocenters. The summed E-state index contributed by atoms with van der Waals surface area (Å²) in [5, 5.41) is 5.01. The van der Waals surface area contributed by atoms with Gasteiger partial charge < -0.3 is 14.6 Å². The van der Waals surface area contributed by atoms with E-state index >= 15 is 0 Å². The molecule has 0 spiro atoms. The van der Waals surface area contributed by atoms with Crippen molar-refractivity contribution in [2.75, 3.05) is 13.2 Å². The monoisotopic (exact) mass is 286 g/mol. The number of nitrogens with zero attached hydrogens (tertiary/aromatic N) is 1. The molecule has 0 amide bonds. The standard InChI is InChI=1S/C18H26N2O/c1-13(2)12-21-9-8-20-17-7-5-4-6-15(17)16-10-14(3)19-11-18(16)20/h4-7,13-14,19H,8-12H2,1-3H3. The van der Waals surface area contributed by atoms with Gasteiger partial charge in [0.15, 0.2) is 0 Å². The smallest absolute Gasteiger partial charge is 0.0645 e. The van der Waals surface area contributed by atoms with Gasteiger partial charge in [-0.15, -0.1) is 0 Å². The zero-order chi connectivity index (χ0) is 14.8. The summed E-state index contributed by atoms with van der Waals surface area (Å²) in [6.45, 7) is 10.2. The summed E-state index contributed by atoms with van der Waals surface area (Å²) >= 11 is 0. The van der Waals surface area contributed by atoms with Gasteiger partial charge in [0.2, 0.25) is 0 Å². The SMILES string of the molecule is CC(C)COCCn1c2c(c3ccccc31)CC(C)NC2. The second-order valence-corrected chi connectivity index (χ2v) is 6.55. The van der Waals surface area contributed by atoms with E-state index in [1.54, 1.807) is 0 Å². The molecule has 21 heavy (non-hydrogen) atoms. The van der Waals surface area contributed by atoms with Crippen molar-refractivity contribution in [2.45, 2.75) is 46.3 Å². The quantitative estimate of drug-likeness (QED) is 0.853. The molecule has 1 aliphatic heterocycles. The van der Waals surface area contributed by atoms with E-state index in [1.165, 1.54) is 22.2 Å². The lowest BCUT2D eigenvalue weighted by Gasteiger charge is -2.22. The van der Waals surface area contributed by atoms with E-state index in [1.807, 2.05) is 0 Å². The molecule has 114 valence electrons. The van der Waals surface area contributed by atoms with Crippen LogP contribution < -0.4 is 5.32 Å². The molecule has 2 aromatic rings. The second-order valence-electron chi connectivity index (χ2n) is 6.55. The number of rotatable bonds is 5. The van der Waals surface area contributed by atoms with Gasteiger partial charge in [-0.05, 0) is 30.9 Å². The molecule has 1 aliphatic rings. The minimum absolute atomic E-state index is 0.564. The number of hydrogen-bond acceptors (Lipinski definition) is 2. The molecule has 0 fully saturated rings. The summed E-state index contributed by atoms with van der Waals surface area (Å²) in [7, 11) is 0. The van der Waals surface area contributed by atoms with Crippen LogP contribution in [-0.4, -0.2) is 23.8 Å². The summed E-state index contributed by atoms with van der Waals surface area (Å²) in [4.78, 5) is 0. The molecule has 1 N–H and O–H groups in total. The zero-order valence-corrected chi connectivity index (χ0v) is 13.4. The van der Waals surface area contributed by atoms with Gasteiger partial charge in [0.1, 0.15) is 0 Å². The van der Waals surface area contributed by atoms with Gasteiger partial charge in [0, 0.05) is 42.3 Å². The predicted molar refractivity (Wildman–Crippen MR) is 87.6 cm³/mol. The van der Waals surface area contributed by atoms with Crippen LogP contribution in [0.2, 0.25) is 0 Å². The van der Waals surface area contributed by atoms with E-state index < -0.39 is 0 Å². The summed E-state index contributed by atoms with van der Waals surface area (Å²) in [5.41, 5.74) is 4.33. The van der Waals surface area contributed by atoms with Gasteiger partial charge in [-0.3, -0.25) is 0 Å². The fourth-order valence-electron chi connectivity index (χ4n) is 3.24. The number of hydrogen-bond donors (Lipinski definition) is 1. The lowest BCUT2D eigenvalue weighted by atomic mass is 10.00. The summed E-state index contributed by atoms with van der Waals surface area (Å²) in [5.74, 6) is 0.600. The highest BCUT2D eigenvalue weighted by molar-refractivity contribution is 5.86. The number of ether oxygens (including phenoxy) is 1. The molecule has 0 aliphatic carbocycles. The van der Waals surface area contributed by atoms with Crippen molar-refractivity contribution in [3.63, 3.8) is 0 Å². The Hall–Kier alpha value is -1.32. The Morgan fingerprint density at radius 3 is 2.95 bits per heavy atom. The van der Waals surface area contributed by atoms with Crippen molar-refractivity contribution in [1.82, 2.24) is 9.88 Å². The van der Waals surface area contributed by atoms with Gasteiger partial charge in [0.05, 0.1) is 6.61 Å². The average molecular weight is 286 g/mol. The molecular formula is C18H26N2O. The van der Waals surface area contributed by atoms with Crippen LogP contribution in [-0.2, 0) is 24.2 Å². The van der Waals surface area contributed by atoms with Crippen molar-refractivity contribution in [2.24, 2.45) is 5.92 Å². The van der Waals surface area contributed by atoms with Crippen LogP contribution in [0.1, 0.15) is 32.0 Å². The topological polar surface area (TPSA) is 26.2 Å². The Morgan fingerprint density at radius 2 is 2.14 bits per heavy atom. The van der Waals surface area contributed by atoms with Crippen molar-refractivity contribution in [3.05, 3.63) is 35.5 Å². The molecule has 1 aromatic carbocycles. The van der Waals surface area contributed by atoms with Crippen LogP contribution in [0.15, 0.2) is 24.3 Å². The molecule has 3 nitrogen and oxygen atoms in total. The summed E-state index contributed by atoms with van der Waals surface area (Å²) in [6, 6.07) is 9.35. The Bertz CT molecular complexity index is 615. The minimum Gasteiger partial charge on any atom is -0.379 e. The molecule has 0 saturated carbocycles. The molecule has 1 atom stereocenters. The fraction of sp³-hybridized carbons (Fsp3) is 0.556. The normalized spacial score (nSPS) is 18.4. The molecule has 0 saturated heterocycles. The van der Waals surface area contributed by atoms with E-state index in [0.717, 1.165) is 32.7 Å². The third-order valence-electron chi connectivity index (χ3n) is 4.23. The maximum absolute atomic E-state index is 5.79. The first kappa shape index (κ1) is 14.6. The Balaban J connectivity index is 1.87. The van der Waals surface area contributed by atoms with Crippen molar-refractivity contribution in [1.29, 1.82) is 0 Å². The van der Waals surface area contributed by atoms with E-state index in [-0.39, 0.29) is 0 Å². The van der Waals surface area contributed by atoms with Gasteiger partial charge in [-0.2, -0.15) is 0 Å². The number of para-hydroxylation sites is 1. The fourth-order valence-corrected chi connectivity index (χ4v) is 3.24. The van der Waals surface area contributed by atoms with E-state index in [9.17, 15) is 0 Å². The van der Waals surface area contributed by atoms with Crippen LogP contribution in [0.3, 0.4) is 0 Å². The van der Waals surface area contributed by atoms with Crippen molar-refractivity contribution in [3.8, 4) is 0 Å². The van der Waals surface area contributed by atoms with Gasteiger partial charge in [-0.1, -0.05) is 32.0 Å². The predicted octanol–water partition coefficient (Wildman–Crippen LogP) is 3.35. The minimum atomic E-state index is 0.564. The third kappa shape index (κ3) is 2.99. The maximum atomic E-state index is 5.79. The van der Waals surface area contributed by atoms with Gasteiger partial charge in [0.25, 0.3) is 0 Å². The summed E-state index contributed by atoms with van der Waals surface area (Å²) in [6.07, 6.45) is 1.12. The number of nitrogens with one attached hydrogen (secondary N) is 1. The third-order valence-corrected chi connectivity index (χ3v) is 4.23.